The summed E-state index contributed by atoms with van der Waals surface area (Å²) in [5, 5.41) is 2.59. The Morgan fingerprint density at radius 2 is 1.91 bits per heavy atom. The van der Waals surface area contributed by atoms with Gasteiger partial charge in [-0.05, 0) is 38.1 Å². The van der Waals surface area contributed by atoms with Crippen molar-refractivity contribution in [1.82, 2.24) is 0 Å². The lowest BCUT2D eigenvalue weighted by atomic mass is 10.1. The lowest BCUT2D eigenvalue weighted by Gasteiger charge is -2.06. The zero-order chi connectivity index (χ0) is 17.0. The summed E-state index contributed by atoms with van der Waals surface area (Å²) in [6, 6.07) is 8.18. The van der Waals surface area contributed by atoms with E-state index in [1.54, 1.807) is 24.3 Å². The van der Waals surface area contributed by atoms with Gasteiger partial charge in [-0.25, -0.2) is 4.79 Å². The minimum absolute atomic E-state index is 0.224. The fourth-order valence-electron chi connectivity index (χ4n) is 2.13. The van der Waals surface area contributed by atoms with Crippen LogP contribution in [-0.2, 0) is 9.53 Å². The maximum Gasteiger partial charge on any atom is 0.338 e. The summed E-state index contributed by atoms with van der Waals surface area (Å²) < 4.78 is 5.07. The van der Waals surface area contributed by atoms with Crippen molar-refractivity contribution in [2.45, 2.75) is 20.8 Å². The molecule has 6 heteroatoms. The first kappa shape index (κ1) is 16.9. The number of carbonyl (C=O) groups is 3. The Kier molecular flexibility index (Phi) is 5.28. The number of esters is 1. The van der Waals surface area contributed by atoms with E-state index in [1.165, 1.54) is 24.3 Å². The molecule has 1 amide bonds. The second-order valence-electron chi connectivity index (χ2n) is 5.09. The van der Waals surface area contributed by atoms with Crippen molar-refractivity contribution in [3.63, 3.8) is 0 Å². The molecule has 1 N–H and O–H groups in total. The Bertz CT molecular complexity index is 764. The summed E-state index contributed by atoms with van der Waals surface area (Å²) in [6.07, 6.45) is 0. The summed E-state index contributed by atoms with van der Waals surface area (Å²) in [4.78, 5) is 37.1. The quantitative estimate of drug-likeness (QED) is 0.673. The lowest BCUT2D eigenvalue weighted by Crippen LogP contribution is -2.15. The lowest BCUT2D eigenvalue weighted by molar-refractivity contribution is -0.114. The van der Waals surface area contributed by atoms with Crippen molar-refractivity contribution in [2.75, 3.05) is 11.9 Å². The van der Waals surface area contributed by atoms with Crippen LogP contribution in [-0.4, -0.2) is 24.3 Å². The number of hydrogen-bond acceptors (Lipinski definition) is 5. The molecular formula is C17H17NO4S. The number of ether oxygens (including phenoxy) is 1. The molecule has 0 aliphatic rings. The van der Waals surface area contributed by atoms with Gasteiger partial charge in [0.05, 0.1) is 5.56 Å². The second kappa shape index (κ2) is 7.19. The number of anilines is 1. The molecule has 1 aromatic carbocycles. The third kappa shape index (κ3) is 4.50. The summed E-state index contributed by atoms with van der Waals surface area (Å²) in [5.74, 6) is -1.05. The van der Waals surface area contributed by atoms with Gasteiger partial charge in [0.15, 0.2) is 6.61 Å². The highest BCUT2D eigenvalue weighted by atomic mass is 32.1. The molecule has 120 valence electrons. The van der Waals surface area contributed by atoms with Gasteiger partial charge in [-0.2, -0.15) is 0 Å². The number of rotatable bonds is 5. The molecule has 0 radical (unpaired) electrons. The van der Waals surface area contributed by atoms with Gasteiger partial charge in [0.1, 0.15) is 0 Å². The van der Waals surface area contributed by atoms with E-state index in [0.717, 1.165) is 9.75 Å². The van der Waals surface area contributed by atoms with Gasteiger partial charge in [-0.3, -0.25) is 9.59 Å². The van der Waals surface area contributed by atoms with Crippen LogP contribution < -0.4 is 5.32 Å². The van der Waals surface area contributed by atoms with E-state index in [0.29, 0.717) is 11.3 Å². The van der Waals surface area contributed by atoms with Crippen LogP contribution in [0.15, 0.2) is 30.3 Å². The number of thiophene rings is 1. The smallest absolute Gasteiger partial charge is 0.338 e. The summed E-state index contributed by atoms with van der Waals surface area (Å²) in [6.45, 7) is 4.87. The minimum Gasteiger partial charge on any atom is -0.454 e. The van der Waals surface area contributed by atoms with Crippen molar-refractivity contribution in [1.29, 1.82) is 0 Å². The molecule has 23 heavy (non-hydrogen) atoms. The monoisotopic (exact) mass is 331 g/mol. The standard InChI is InChI=1S/C17H17NO4S/c1-10-7-15(11(2)23-10)16(20)9-22-17(21)13-5-4-6-14(8-13)18-12(3)19/h4-8H,9H2,1-3H3,(H,18,19). The maximum atomic E-state index is 12.1. The number of nitrogens with one attached hydrogen (secondary N) is 1. The zero-order valence-electron chi connectivity index (χ0n) is 13.1. The van der Waals surface area contributed by atoms with E-state index in [9.17, 15) is 14.4 Å². The molecule has 1 aromatic heterocycles. The third-order valence-electron chi connectivity index (χ3n) is 3.09. The highest BCUT2D eigenvalue weighted by Gasteiger charge is 2.15. The molecule has 0 saturated heterocycles. The fraction of sp³-hybridized carbons (Fsp3) is 0.235. The van der Waals surface area contributed by atoms with Gasteiger partial charge in [-0.1, -0.05) is 6.07 Å². The highest BCUT2D eigenvalue weighted by molar-refractivity contribution is 7.12. The number of benzene rings is 1. The maximum absolute atomic E-state index is 12.1. The molecular weight excluding hydrogens is 314 g/mol. The summed E-state index contributed by atoms with van der Waals surface area (Å²) in [7, 11) is 0. The molecule has 0 bridgehead atoms. The van der Waals surface area contributed by atoms with E-state index < -0.39 is 5.97 Å². The summed E-state index contributed by atoms with van der Waals surface area (Å²) in [5.41, 5.74) is 1.37. The minimum atomic E-state index is -0.602. The second-order valence-corrected chi connectivity index (χ2v) is 6.55. The van der Waals surface area contributed by atoms with Gasteiger partial charge < -0.3 is 10.1 Å². The largest absolute Gasteiger partial charge is 0.454 e. The van der Waals surface area contributed by atoms with E-state index in [2.05, 4.69) is 5.32 Å². The predicted octanol–water partition coefficient (Wildman–Crippen LogP) is 3.36. The Morgan fingerprint density at radius 1 is 1.17 bits per heavy atom. The average Bonchev–Trinajstić information content (AvgIpc) is 2.83. The molecule has 2 rings (SSSR count). The van der Waals surface area contributed by atoms with Crippen molar-refractivity contribution < 1.29 is 19.1 Å². The highest BCUT2D eigenvalue weighted by Crippen LogP contribution is 2.21. The zero-order valence-corrected chi connectivity index (χ0v) is 14.0. The topological polar surface area (TPSA) is 72.5 Å². The van der Waals surface area contributed by atoms with Crippen LogP contribution in [0.4, 0.5) is 5.69 Å². The van der Waals surface area contributed by atoms with Crippen LogP contribution in [0.2, 0.25) is 0 Å². The van der Waals surface area contributed by atoms with Gasteiger partial charge in [0.2, 0.25) is 11.7 Å². The molecule has 0 unspecified atom stereocenters. The van der Waals surface area contributed by atoms with Gasteiger partial charge in [-0.15, -0.1) is 11.3 Å². The van der Waals surface area contributed by atoms with Crippen LogP contribution in [0.25, 0.3) is 0 Å². The first-order valence-electron chi connectivity index (χ1n) is 7.02. The molecule has 2 aromatic rings. The normalized spacial score (nSPS) is 10.2. The van der Waals surface area contributed by atoms with Crippen molar-refractivity contribution >= 4 is 34.7 Å². The van der Waals surface area contributed by atoms with Crippen LogP contribution in [0.1, 0.15) is 37.4 Å². The Morgan fingerprint density at radius 3 is 2.52 bits per heavy atom. The number of carbonyl (C=O) groups excluding carboxylic acids is 3. The number of hydrogen-bond donors (Lipinski definition) is 1. The Balaban J connectivity index is 2.01. The molecule has 0 fully saturated rings. The average molecular weight is 331 g/mol. The number of Topliss-reactive ketones (excluding diaryl/α,β-unsaturated/α-hetero) is 1. The molecule has 1 heterocycles. The first-order chi connectivity index (χ1) is 10.9. The summed E-state index contributed by atoms with van der Waals surface area (Å²) >= 11 is 1.53. The van der Waals surface area contributed by atoms with Crippen LogP contribution in [0, 0.1) is 13.8 Å². The number of ketones is 1. The molecule has 0 aliphatic carbocycles. The van der Waals surface area contributed by atoms with Crippen molar-refractivity contribution in [2.24, 2.45) is 0 Å². The van der Waals surface area contributed by atoms with Crippen molar-refractivity contribution in [3.8, 4) is 0 Å². The van der Waals surface area contributed by atoms with Crippen LogP contribution >= 0.6 is 11.3 Å². The number of aryl methyl sites for hydroxylation is 2. The van der Waals surface area contributed by atoms with Gasteiger partial charge >= 0.3 is 5.97 Å². The van der Waals surface area contributed by atoms with Crippen LogP contribution in [0.5, 0.6) is 0 Å². The predicted molar refractivity (Wildman–Crippen MR) is 89.2 cm³/mol. The molecule has 5 nitrogen and oxygen atoms in total. The van der Waals surface area contributed by atoms with E-state index in [4.69, 9.17) is 4.74 Å². The molecule has 0 aliphatic heterocycles. The Hall–Kier alpha value is -2.47. The van der Waals surface area contributed by atoms with Gasteiger partial charge in [0.25, 0.3) is 0 Å². The molecule has 0 saturated carbocycles. The van der Waals surface area contributed by atoms with Crippen LogP contribution in [0.3, 0.4) is 0 Å². The fourth-order valence-corrected chi connectivity index (χ4v) is 3.07. The Labute approximate surface area is 138 Å². The van der Waals surface area contributed by atoms with E-state index in [1.807, 2.05) is 13.8 Å². The van der Waals surface area contributed by atoms with Gasteiger partial charge in [0, 0.05) is 27.9 Å². The third-order valence-corrected chi connectivity index (χ3v) is 4.06. The first-order valence-corrected chi connectivity index (χ1v) is 7.83. The number of amides is 1. The van der Waals surface area contributed by atoms with Crippen molar-refractivity contribution in [3.05, 3.63) is 51.2 Å². The molecule has 0 atom stereocenters. The molecule has 0 spiro atoms. The van der Waals surface area contributed by atoms with E-state index >= 15 is 0 Å². The van der Waals surface area contributed by atoms with E-state index in [-0.39, 0.29) is 23.9 Å². The SMILES string of the molecule is CC(=O)Nc1cccc(C(=O)OCC(=O)c2cc(C)sc2C)c1.